The topological polar surface area (TPSA) is 49.3 Å². The van der Waals surface area contributed by atoms with Gasteiger partial charge in [-0.1, -0.05) is 22.0 Å². The maximum Gasteiger partial charge on any atom is 0.338 e. The minimum absolute atomic E-state index is 0.285. The maximum atomic E-state index is 13.5. The molecule has 0 fully saturated rings. The van der Waals surface area contributed by atoms with Gasteiger partial charge in [-0.05, 0) is 35.9 Å². The van der Waals surface area contributed by atoms with E-state index >= 15 is 0 Å². The minimum Gasteiger partial charge on any atom is -0.478 e. The van der Waals surface area contributed by atoms with E-state index in [-0.39, 0.29) is 17.9 Å². The lowest BCUT2D eigenvalue weighted by Crippen LogP contribution is -2.14. The molecule has 0 aliphatic heterocycles. The first-order chi connectivity index (χ1) is 9.97. The summed E-state index contributed by atoms with van der Waals surface area (Å²) in [5.74, 6) is -2.41. The molecule has 2 aromatic carbocycles. The summed E-state index contributed by atoms with van der Waals surface area (Å²) < 4.78 is 27.8. The van der Waals surface area contributed by atoms with Crippen LogP contribution < -0.4 is 5.32 Å². The highest BCUT2D eigenvalue weighted by Gasteiger charge is 2.10. The average molecular weight is 356 g/mol. The van der Waals surface area contributed by atoms with Crippen molar-refractivity contribution < 1.29 is 18.7 Å². The summed E-state index contributed by atoms with van der Waals surface area (Å²) in [4.78, 5) is 10.7. The number of carboxylic acids is 1. The van der Waals surface area contributed by atoms with Crippen molar-refractivity contribution in [3.63, 3.8) is 0 Å². The summed E-state index contributed by atoms with van der Waals surface area (Å²) in [6.07, 6.45) is 0. The summed E-state index contributed by atoms with van der Waals surface area (Å²) >= 11 is 3.26. The molecule has 0 aliphatic rings. The SMILES string of the molecule is O=C(O)c1ccc(CNCc2cc(Br)ccc2F)cc1F. The van der Waals surface area contributed by atoms with Crippen LogP contribution in [0.2, 0.25) is 0 Å². The van der Waals surface area contributed by atoms with Gasteiger partial charge < -0.3 is 10.4 Å². The number of benzene rings is 2. The molecule has 21 heavy (non-hydrogen) atoms. The molecule has 0 heterocycles. The van der Waals surface area contributed by atoms with E-state index in [1.165, 1.54) is 18.2 Å². The molecule has 0 aliphatic carbocycles. The van der Waals surface area contributed by atoms with Crippen LogP contribution in [0.4, 0.5) is 8.78 Å². The zero-order valence-electron chi connectivity index (χ0n) is 10.9. The van der Waals surface area contributed by atoms with Gasteiger partial charge in [-0.25, -0.2) is 13.6 Å². The molecule has 0 atom stereocenters. The number of hydrogen-bond acceptors (Lipinski definition) is 2. The number of halogens is 3. The van der Waals surface area contributed by atoms with E-state index in [2.05, 4.69) is 21.2 Å². The van der Waals surface area contributed by atoms with Gasteiger partial charge in [0.2, 0.25) is 0 Å². The van der Waals surface area contributed by atoms with E-state index in [4.69, 9.17) is 5.11 Å². The van der Waals surface area contributed by atoms with Crippen molar-refractivity contribution in [1.82, 2.24) is 5.32 Å². The first-order valence-electron chi connectivity index (χ1n) is 6.13. The summed E-state index contributed by atoms with van der Waals surface area (Å²) in [5, 5.41) is 11.7. The number of nitrogens with one attached hydrogen (secondary N) is 1. The largest absolute Gasteiger partial charge is 0.478 e. The number of rotatable bonds is 5. The number of carbonyl (C=O) groups is 1. The summed E-state index contributed by atoms with van der Waals surface area (Å²) in [6.45, 7) is 0.594. The molecule has 2 aromatic rings. The molecule has 0 saturated carbocycles. The van der Waals surface area contributed by atoms with Crippen LogP contribution in [-0.4, -0.2) is 11.1 Å². The van der Waals surface area contributed by atoms with E-state index in [1.54, 1.807) is 12.1 Å². The minimum atomic E-state index is -1.30. The summed E-state index contributed by atoms with van der Waals surface area (Å²) in [7, 11) is 0. The predicted molar refractivity (Wildman–Crippen MR) is 78.0 cm³/mol. The molecule has 2 N–H and O–H groups in total. The van der Waals surface area contributed by atoms with Gasteiger partial charge in [-0.15, -0.1) is 0 Å². The second-order valence-electron chi connectivity index (χ2n) is 4.46. The molecule has 0 aromatic heterocycles. The standard InChI is InChI=1S/C15H12BrF2NO2/c16-11-2-4-13(17)10(6-11)8-19-7-9-1-3-12(15(20)21)14(18)5-9/h1-6,19H,7-8H2,(H,20,21). The molecule has 0 radical (unpaired) electrons. The zero-order valence-corrected chi connectivity index (χ0v) is 12.5. The van der Waals surface area contributed by atoms with Crippen LogP contribution in [-0.2, 0) is 13.1 Å². The van der Waals surface area contributed by atoms with Crippen LogP contribution in [0.25, 0.3) is 0 Å². The zero-order chi connectivity index (χ0) is 15.4. The molecule has 0 bridgehead atoms. The molecule has 0 amide bonds. The Labute approximate surface area is 128 Å². The van der Waals surface area contributed by atoms with Crippen molar-refractivity contribution in [1.29, 1.82) is 0 Å². The maximum absolute atomic E-state index is 13.5. The predicted octanol–water partition coefficient (Wildman–Crippen LogP) is 3.72. The van der Waals surface area contributed by atoms with E-state index in [0.29, 0.717) is 17.7 Å². The number of aromatic carboxylic acids is 1. The molecule has 0 spiro atoms. The van der Waals surface area contributed by atoms with Gasteiger partial charge in [0, 0.05) is 23.1 Å². The second kappa shape index (κ2) is 6.78. The van der Waals surface area contributed by atoms with Crippen LogP contribution in [0, 0.1) is 11.6 Å². The van der Waals surface area contributed by atoms with E-state index in [1.807, 2.05) is 0 Å². The summed E-state index contributed by atoms with van der Waals surface area (Å²) in [6, 6.07) is 8.54. The highest BCUT2D eigenvalue weighted by atomic mass is 79.9. The molecule has 2 rings (SSSR count). The van der Waals surface area contributed by atoms with Gasteiger partial charge in [0.15, 0.2) is 0 Å². The average Bonchev–Trinajstić information content (AvgIpc) is 2.42. The second-order valence-corrected chi connectivity index (χ2v) is 5.37. The van der Waals surface area contributed by atoms with Gasteiger partial charge in [0.05, 0.1) is 5.56 Å². The van der Waals surface area contributed by atoms with E-state index in [0.717, 1.165) is 10.5 Å². The molecule has 0 unspecified atom stereocenters. The Morgan fingerprint density at radius 3 is 2.52 bits per heavy atom. The third-order valence-corrected chi connectivity index (χ3v) is 3.41. The fraction of sp³-hybridized carbons (Fsp3) is 0.133. The van der Waals surface area contributed by atoms with Gasteiger partial charge in [-0.3, -0.25) is 0 Å². The molecular formula is C15H12BrF2NO2. The first kappa shape index (κ1) is 15.6. The number of carboxylic acid groups (broad SMARTS) is 1. The van der Waals surface area contributed by atoms with Gasteiger partial charge >= 0.3 is 5.97 Å². The third kappa shape index (κ3) is 4.09. The molecule has 3 nitrogen and oxygen atoms in total. The Balaban J connectivity index is 1.99. The van der Waals surface area contributed by atoms with Gasteiger partial charge in [-0.2, -0.15) is 0 Å². The summed E-state index contributed by atoms with van der Waals surface area (Å²) in [5.41, 5.74) is 0.719. The van der Waals surface area contributed by atoms with E-state index in [9.17, 15) is 13.6 Å². The lowest BCUT2D eigenvalue weighted by molar-refractivity contribution is 0.0692. The van der Waals surface area contributed by atoms with Crippen LogP contribution in [0.15, 0.2) is 40.9 Å². The quantitative estimate of drug-likeness (QED) is 0.859. The number of hydrogen-bond donors (Lipinski definition) is 2. The van der Waals surface area contributed by atoms with Crippen LogP contribution in [0.1, 0.15) is 21.5 Å². The van der Waals surface area contributed by atoms with Crippen LogP contribution >= 0.6 is 15.9 Å². The lowest BCUT2D eigenvalue weighted by Gasteiger charge is -2.07. The van der Waals surface area contributed by atoms with Gasteiger partial charge in [0.25, 0.3) is 0 Å². The third-order valence-electron chi connectivity index (χ3n) is 2.92. The molecule has 6 heteroatoms. The van der Waals surface area contributed by atoms with Crippen molar-refractivity contribution >= 4 is 21.9 Å². The van der Waals surface area contributed by atoms with Crippen molar-refractivity contribution in [3.05, 3.63) is 69.2 Å². The molecular weight excluding hydrogens is 344 g/mol. The lowest BCUT2D eigenvalue weighted by atomic mass is 10.1. The fourth-order valence-electron chi connectivity index (χ4n) is 1.86. The molecule has 0 saturated heterocycles. The highest BCUT2D eigenvalue weighted by molar-refractivity contribution is 9.10. The van der Waals surface area contributed by atoms with Crippen molar-refractivity contribution in [2.24, 2.45) is 0 Å². The Morgan fingerprint density at radius 1 is 1.10 bits per heavy atom. The Morgan fingerprint density at radius 2 is 1.86 bits per heavy atom. The monoisotopic (exact) mass is 355 g/mol. The van der Waals surface area contributed by atoms with Crippen molar-refractivity contribution in [3.8, 4) is 0 Å². The first-order valence-corrected chi connectivity index (χ1v) is 6.93. The Kier molecular flexibility index (Phi) is 5.03. The fourth-order valence-corrected chi connectivity index (χ4v) is 2.27. The van der Waals surface area contributed by atoms with Crippen LogP contribution in [0.5, 0.6) is 0 Å². The van der Waals surface area contributed by atoms with Crippen molar-refractivity contribution in [2.75, 3.05) is 0 Å². The van der Waals surface area contributed by atoms with Crippen molar-refractivity contribution in [2.45, 2.75) is 13.1 Å². The molecule has 110 valence electrons. The van der Waals surface area contributed by atoms with Crippen LogP contribution in [0.3, 0.4) is 0 Å². The van der Waals surface area contributed by atoms with E-state index < -0.39 is 11.8 Å². The highest BCUT2D eigenvalue weighted by Crippen LogP contribution is 2.16. The smallest absolute Gasteiger partial charge is 0.338 e. The normalized spacial score (nSPS) is 10.6. The Bertz CT molecular complexity index is 677. The Hall–Kier alpha value is -1.79. The van der Waals surface area contributed by atoms with Gasteiger partial charge in [0.1, 0.15) is 11.6 Å².